The molecule has 0 aliphatic rings. The molecule has 0 radical (unpaired) electrons. The minimum atomic E-state index is -1.12. The maximum Gasteiger partial charge on any atom is 0.228 e. The molecule has 0 saturated carbocycles. The van der Waals surface area contributed by atoms with Crippen LogP contribution in [-0.4, -0.2) is 17.9 Å². The molecular formula is C13H18ClF2N3O2. The number of rotatable bonds is 4. The zero-order valence-electron chi connectivity index (χ0n) is 11.9. The van der Waals surface area contributed by atoms with Gasteiger partial charge in [-0.15, -0.1) is 12.4 Å². The number of amides is 2. The van der Waals surface area contributed by atoms with Crippen molar-refractivity contribution < 1.29 is 18.4 Å². The monoisotopic (exact) mass is 321 g/mol. The highest BCUT2D eigenvalue weighted by atomic mass is 35.5. The topological polar surface area (TPSA) is 84.2 Å². The largest absolute Gasteiger partial charge is 0.327 e. The van der Waals surface area contributed by atoms with Gasteiger partial charge in [0.05, 0.1) is 17.3 Å². The highest BCUT2D eigenvalue weighted by Crippen LogP contribution is 2.26. The quantitative estimate of drug-likeness (QED) is 0.795. The Morgan fingerprint density at radius 2 is 1.52 bits per heavy atom. The van der Waals surface area contributed by atoms with Crippen LogP contribution in [0.15, 0.2) is 12.1 Å². The Bertz CT molecular complexity index is 538. The number of benzene rings is 1. The van der Waals surface area contributed by atoms with Crippen LogP contribution in [0.1, 0.15) is 20.8 Å². The van der Waals surface area contributed by atoms with Crippen molar-refractivity contribution in [3.05, 3.63) is 23.8 Å². The van der Waals surface area contributed by atoms with E-state index in [1.807, 2.05) is 0 Å². The van der Waals surface area contributed by atoms with Crippen molar-refractivity contribution in [2.24, 2.45) is 11.7 Å². The van der Waals surface area contributed by atoms with Crippen LogP contribution in [0.5, 0.6) is 0 Å². The van der Waals surface area contributed by atoms with Gasteiger partial charge in [-0.3, -0.25) is 9.59 Å². The molecule has 118 valence electrons. The third-order valence-electron chi connectivity index (χ3n) is 2.83. The number of nitrogens with one attached hydrogen (secondary N) is 2. The molecule has 4 N–H and O–H groups in total. The van der Waals surface area contributed by atoms with Crippen molar-refractivity contribution in [1.82, 2.24) is 0 Å². The molecule has 0 fully saturated rings. The molecule has 0 aliphatic heterocycles. The highest BCUT2D eigenvalue weighted by molar-refractivity contribution is 5.99. The van der Waals surface area contributed by atoms with Crippen molar-refractivity contribution in [2.45, 2.75) is 26.8 Å². The molecule has 0 bridgehead atoms. The second-order valence-corrected chi connectivity index (χ2v) is 4.63. The van der Waals surface area contributed by atoms with E-state index in [-0.39, 0.29) is 23.8 Å². The van der Waals surface area contributed by atoms with E-state index in [1.54, 1.807) is 13.8 Å². The molecule has 1 aromatic rings. The van der Waals surface area contributed by atoms with Crippen molar-refractivity contribution in [3.63, 3.8) is 0 Å². The fourth-order valence-electron chi connectivity index (χ4n) is 1.43. The number of hydrogen-bond acceptors (Lipinski definition) is 3. The van der Waals surface area contributed by atoms with E-state index in [2.05, 4.69) is 10.6 Å². The minimum Gasteiger partial charge on any atom is -0.327 e. The lowest BCUT2D eigenvalue weighted by Crippen LogP contribution is -2.34. The first-order valence-corrected chi connectivity index (χ1v) is 6.05. The number of hydrogen-bond donors (Lipinski definition) is 3. The normalized spacial score (nSPS) is 12.9. The smallest absolute Gasteiger partial charge is 0.228 e. The van der Waals surface area contributed by atoms with Gasteiger partial charge in [-0.25, -0.2) is 8.78 Å². The van der Waals surface area contributed by atoms with Gasteiger partial charge in [0.2, 0.25) is 11.8 Å². The molecule has 0 aliphatic carbocycles. The molecule has 0 spiro atoms. The summed E-state index contributed by atoms with van der Waals surface area (Å²) in [6.45, 7) is 4.49. The predicted molar refractivity (Wildman–Crippen MR) is 79.4 cm³/mol. The predicted octanol–water partition coefficient (Wildman–Crippen LogP) is 2.27. The molecular weight excluding hydrogens is 304 g/mol. The number of anilines is 2. The molecule has 1 rings (SSSR count). The first kappa shape index (κ1) is 19.3. The molecule has 8 heteroatoms. The fourth-order valence-corrected chi connectivity index (χ4v) is 1.43. The van der Waals surface area contributed by atoms with Crippen LogP contribution in [0, 0.1) is 17.6 Å². The van der Waals surface area contributed by atoms with Crippen LogP contribution in [0.3, 0.4) is 0 Å². The van der Waals surface area contributed by atoms with Crippen LogP contribution >= 0.6 is 12.4 Å². The van der Waals surface area contributed by atoms with Gasteiger partial charge in [0.1, 0.15) is 0 Å². The van der Waals surface area contributed by atoms with E-state index in [4.69, 9.17) is 5.73 Å². The van der Waals surface area contributed by atoms with Crippen LogP contribution in [-0.2, 0) is 9.59 Å². The number of halogens is 3. The summed E-state index contributed by atoms with van der Waals surface area (Å²) in [5, 5.41) is 4.75. The molecule has 5 nitrogen and oxygen atoms in total. The average Bonchev–Trinajstić information content (AvgIpc) is 2.33. The first-order valence-electron chi connectivity index (χ1n) is 6.05. The molecule has 0 aromatic heterocycles. The van der Waals surface area contributed by atoms with E-state index < -0.39 is 35.4 Å². The van der Waals surface area contributed by atoms with E-state index >= 15 is 0 Å². The third-order valence-corrected chi connectivity index (χ3v) is 2.83. The Labute approximate surface area is 127 Å². The molecule has 21 heavy (non-hydrogen) atoms. The highest BCUT2D eigenvalue weighted by Gasteiger charge is 2.19. The summed E-state index contributed by atoms with van der Waals surface area (Å²) in [6.07, 6.45) is 0. The van der Waals surface area contributed by atoms with Gasteiger partial charge >= 0.3 is 0 Å². The number of carbonyl (C=O) groups excluding carboxylic acids is 2. The van der Waals surface area contributed by atoms with Crippen molar-refractivity contribution in [1.29, 1.82) is 0 Å². The van der Waals surface area contributed by atoms with Gasteiger partial charge in [0.15, 0.2) is 11.6 Å². The van der Waals surface area contributed by atoms with Crippen LogP contribution < -0.4 is 16.4 Å². The van der Waals surface area contributed by atoms with Gasteiger partial charge in [-0.1, -0.05) is 6.92 Å². The summed E-state index contributed by atoms with van der Waals surface area (Å²) in [6, 6.07) is 1.22. The summed E-state index contributed by atoms with van der Waals surface area (Å²) >= 11 is 0. The van der Waals surface area contributed by atoms with Crippen molar-refractivity contribution in [2.75, 3.05) is 10.6 Å². The summed E-state index contributed by atoms with van der Waals surface area (Å²) in [5.41, 5.74) is 5.57. The molecule has 0 heterocycles. The summed E-state index contributed by atoms with van der Waals surface area (Å²) in [5.74, 6) is -3.67. The van der Waals surface area contributed by atoms with Crippen LogP contribution in [0.25, 0.3) is 0 Å². The minimum absolute atomic E-state index is 0. The SMILES string of the molecule is CC(=O)Nc1cc(F)c(F)cc1NC(=O)C(C)C(C)N.Cl. The Morgan fingerprint density at radius 1 is 1.10 bits per heavy atom. The van der Waals surface area contributed by atoms with Gasteiger partial charge in [0.25, 0.3) is 0 Å². The number of nitrogens with two attached hydrogens (primary N) is 1. The standard InChI is InChI=1S/C13H17F2N3O2.ClH/c1-6(7(2)16)13(20)18-12-5-10(15)9(14)4-11(12)17-8(3)19;/h4-7H,16H2,1-3H3,(H,17,19)(H,18,20);1H. The lowest BCUT2D eigenvalue weighted by Gasteiger charge is -2.17. The Balaban J connectivity index is 0.00000400. The Morgan fingerprint density at radius 3 is 1.90 bits per heavy atom. The van der Waals surface area contributed by atoms with Crippen LogP contribution in [0.4, 0.5) is 20.2 Å². The maximum absolute atomic E-state index is 13.2. The van der Waals surface area contributed by atoms with E-state index in [9.17, 15) is 18.4 Å². The van der Waals surface area contributed by atoms with Gasteiger partial charge < -0.3 is 16.4 Å². The molecule has 2 amide bonds. The summed E-state index contributed by atoms with van der Waals surface area (Å²) < 4.78 is 26.4. The van der Waals surface area contributed by atoms with Gasteiger partial charge in [-0.2, -0.15) is 0 Å². The molecule has 2 unspecified atom stereocenters. The number of carbonyl (C=O) groups is 2. The average molecular weight is 322 g/mol. The fraction of sp³-hybridized carbons (Fsp3) is 0.385. The van der Waals surface area contributed by atoms with E-state index in [0.29, 0.717) is 0 Å². The van der Waals surface area contributed by atoms with Gasteiger partial charge in [-0.05, 0) is 6.92 Å². The zero-order valence-corrected chi connectivity index (χ0v) is 12.7. The second-order valence-electron chi connectivity index (χ2n) is 4.63. The Hall–Kier alpha value is -1.73. The molecule has 1 aromatic carbocycles. The lowest BCUT2D eigenvalue weighted by atomic mass is 10.0. The Kier molecular flexibility index (Phi) is 7.25. The van der Waals surface area contributed by atoms with Crippen molar-refractivity contribution in [3.8, 4) is 0 Å². The first-order chi connectivity index (χ1) is 9.22. The van der Waals surface area contributed by atoms with Crippen molar-refractivity contribution >= 4 is 35.6 Å². The second kappa shape index (κ2) is 7.90. The third kappa shape index (κ3) is 5.28. The summed E-state index contributed by atoms with van der Waals surface area (Å²) in [7, 11) is 0. The van der Waals surface area contributed by atoms with Gasteiger partial charge in [0, 0.05) is 25.1 Å². The zero-order chi connectivity index (χ0) is 15.4. The van der Waals surface area contributed by atoms with E-state index in [0.717, 1.165) is 12.1 Å². The van der Waals surface area contributed by atoms with E-state index in [1.165, 1.54) is 6.92 Å². The molecule has 0 saturated heterocycles. The molecule has 2 atom stereocenters. The lowest BCUT2D eigenvalue weighted by molar-refractivity contribution is -0.120. The summed E-state index contributed by atoms with van der Waals surface area (Å²) in [4.78, 5) is 22.9. The maximum atomic E-state index is 13.2. The van der Waals surface area contributed by atoms with Crippen LogP contribution in [0.2, 0.25) is 0 Å².